The van der Waals surface area contributed by atoms with Gasteiger partial charge in [-0.05, 0) is 33.1 Å². The number of hydrogen-bond donors (Lipinski definition) is 0. The molecule has 0 saturated carbocycles. The highest BCUT2D eigenvalue weighted by molar-refractivity contribution is 5.29. The number of rotatable bonds is 4. The Labute approximate surface area is 165 Å². The molecular formula is C25H32N2. The molecule has 0 amide bonds. The molecule has 2 aromatic carbocycles. The second-order valence-corrected chi connectivity index (χ2v) is 9.55. The van der Waals surface area contributed by atoms with Gasteiger partial charge in [0, 0.05) is 25.5 Å². The van der Waals surface area contributed by atoms with Crippen LogP contribution in [0.5, 0.6) is 0 Å². The van der Waals surface area contributed by atoms with Gasteiger partial charge in [-0.25, -0.2) is 0 Å². The van der Waals surface area contributed by atoms with Crippen LogP contribution >= 0.6 is 0 Å². The van der Waals surface area contributed by atoms with Crippen LogP contribution in [0.1, 0.15) is 63.8 Å². The monoisotopic (exact) mass is 360 g/mol. The van der Waals surface area contributed by atoms with Crippen molar-refractivity contribution in [2.24, 2.45) is 0 Å². The van der Waals surface area contributed by atoms with Gasteiger partial charge in [-0.2, -0.15) is 0 Å². The van der Waals surface area contributed by atoms with Crippen molar-refractivity contribution >= 4 is 0 Å². The SMILES string of the molecule is CC(C)(C)c1ccc(CN2[C]N(Cc3ccc(C(C)(C)C)cc3)C=C2)cc1. The maximum atomic E-state index is 3.43. The molecule has 0 fully saturated rings. The van der Waals surface area contributed by atoms with Gasteiger partial charge in [-0.1, -0.05) is 90.1 Å². The van der Waals surface area contributed by atoms with Crippen LogP contribution in [0.25, 0.3) is 0 Å². The third-order valence-electron chi connectivity index (χ3n) is 5.03. The molecule has 2 nitrogen and oxygen atoms in total. The largest absolute Gasteiger partial charge is 0.342 e. The first-order valence-electron chi connectivity index (χ1n) is 9.78. The van der Waals surface area contributed by atoms with Gasteiger partial charge in [-0.15, -0.1) is 0 Å². The molecule has 3 rings (SSSR count). The maximum absolute atomic E-state index is 3.43. The molecule has 2 radical (unpaired) electrons. The minimum atomic E-state index is 0.198. The Bertz CT molecular complexity index is 704. The van der Waals surface area contributed by atoms with E-state index in [0.717, 1.165) is 13.1 Å². The zero-order chi connectivity index (χ0) is 19.7. The fourth-order valence-corrected chi connectivity index (χ4v) is 3.18. The van der Waals surface area contributed by atoms with Gasteiger partial charge < -0.3 is 9.80 Å². The number of hydrogen-bond acceptors (Lipinski definition) is 2. The third-order valence-corrected chi connectivity index (χ3v) is 5.03. The zero-order valence-corrected chi connectivity index (χ0v) is 17.6. The fourth-order valence-electron chi connectivity index (χ4n) is 3.18. The van der Waals surface area contributed by atoms with Crippen LogP contribution < -0.4 is 0 Å². The first-order valence-corrected chi connectivity index (χ1v) is 9.78. The molecule has 0 saturated heterocycles. The topological polar surface area (TPSA) is 6.48 Å². The van der Waals surface area contributed by atoms with Gasteiger partial charge in [0.05, 0.1) is 0 Å². The Kier molecular flexibility index (Phi) is 5.37. The van der Waals surface area contributed by atoms with Crippen LogP contribution in [0.3, 0.4) is 0 Å². The Hall–Kier alpha value is -2.22. The highest BCUT2D eigenvalue weighted by atomic mass is 15.3. The lowest BCUT2D eigenvalue weighted by Crippen LogP contribution is -2.19. The van der Waals surface area contributed by atoms with Crippen molar-refractivity contribution < 1.29 is 0 Å². The molecule has 0 aromatic heterocycles. The molecule has 1 heterocycles. The predicted octanol–water partition coefficient (Wildman–Crippen LogP) is 6.07. The lowest BCUT2D eigenvalue weighted by atomic mass is 9.87. The molecule has 142 valence electrons. The average Bonchev–Trinajstić information content (AvgIpc) is 3.01. The maximum Gasteiger partial charge on any atom is 0.208 e. The van der Waals surface area contributed by atoms with Crippen molar-refractivity contribution in [3.8, 4) is 0 Å². The summed E-state index contributed by atoms with van der Waals surface area (Å²) in [5, 5.41) is 0. The number of nitrogens with zero attached hydrogens (tertiary/aromatic N) is 2. The highest BCUT2D eigenvalue weighted by Crippen LogP contribution is 2.25. The third kappa shape index (κ3) is 5.15. The van der Waals surface area contributed by atoms with Crippen LogP contribution in [0.2, 0.25) is 0 Å². The van der Waals surface area contributed by atoms with Crippen LogP contribution in [0.4, 0.5) is 0 Å². The molecule has 0 aliphatic carbocycles. The molecular weight excluding hydrogens is 328 g/mol. The van der Waals surface area contributed by atoms with Crippen molar-refractivity contribution in [1.29, 1.82) is 0 Å². The Morgan fingerprint density at radius 2 is 0.926 bits per heavy atom. The zero-order valence-electron chi connectivity index (χ0n) is 17.6. The molecule has 0 unspecified atom stereocenters. The summed E-state index contributed by atoms with van der Waals surface area (Å²) in [7, 11) is 0. The van der Waals surface area contributed by atoms with Gasteiger partial charge in [-0.3, -0.25) is 0 Å². The smallest absolute Gasteiger partial charge is 0.208 e. The lowest BCUT2D eigenvalue weighted by Gasteiger charge is -2.22. The molecule has 2 aromatic rings. The second-order valence-electron chi connectivity index (χ2n) is 9.55. The molecule has 0 atom stereocenters. The van der Waals surface area contributed by atoms with Gasteiger partial charge in [0.2, 0.25) is 6.67 Å². The second kappa shape index (κ2) is 7.42. The van der Waals surface area contributed by atoms with E-state index >= 15 is 0 Å². The first-order chi connectivity index (χ1) is 12.6. The highest BCUT2D eigenvalue weighted by Gasteiger charge is 2.17. The number of benzene rings is 2. The van der Waals surface area contributed by atoms with Crippen molar-refractivity contribution in [2.45, 2.75) is 65.5 Å². The quantitative estimate of drug-likeness (QED) is 0.653. The first kappa shape index (κ1) is 19.5. The molecule has 0 bridgehead atoms. The van der Waals surface area contributed by atoms with Crippen LogP contribution in [-0.2, 0) is 23.9 Å². The summed E-state index contributed by atoms with van der Waals surface area (Å²) in [4.78, 5) is 4.24. The van der Waals surface area contributed by atoms with Crippen LogP contribution in [-0.4, -0.2) is 9.80 Å². The summed E-state index contributed by atoms with van der Waals surface area (Å²) >= 11 is 0. The summed E-state index contributed by atoms with van der Waals surface area (Å²) in [6.45, 7) is 18.6. The van der Waals surface area contributed by atoms with Crippen LogP contribution in [0, 0.1) is 6.67 Å². The van der Waals surface area contributed by atoms with E-state index in [1.54, 1.807) is 0 Å². The predicted molar refractivity (Wildman–Crippen MR) is 114 cm³/mol. The summed E-state index contributed by atoms with van der Waals surface area (Å²) in [6, 6.07) is 17.9. The van der Waals surface area contributed by atoms with E-state index in [1.807, 2.05) is 0 Å². The summed E-state index contributed by atoms with van der Waals surface area (Å²) in [5.41, 5.74) is 5.74. The van der Waals surface area contributed by atoms with Crippen molar-refractivity contribution in [1.82, 2.24) is 9.80 Å². The van der Waals surface area contributed by atoms with E-state index < -0.39 is 0 Å². The van der Waals surface area contributed by atoms with Gasteiger partial charge in [0.1, 0.15) is 0 Å². The van der Waals surface area contributed by atoms with E-state index in [2.05, 4.69) is 119 Å². The van der Waals surface area contributed by atoms with E-state index in [9.17, 15) is 0 Å². The average molecular weight is 361 g/mol. The fraction of sp³-hybridized carbons (Fsp3) is 0.400. The van der Waals surface area contributed by atoms with E-state index in [4.69, 9.17) is 0 Å². The van der Waals surface area contributed by atoms with Crippen LogP contribution in [0.15, 0.2) is 60.9 Å². The van der Waals surface area contributed by atoms with Crippen molar-refractivity contribution in [2.75, 3.05) is 0 Å². The molecule has 1 aliphatic rings. The standard InChI is InChI=1S/C25H32N2/c1-24(2,3)22-11-7-20(8-12-22)17-26-15-16-27(19-26)18-21-9-13-23(14-10-21)25(4,5)6/h7-16H,17-18H2,1-6H3. The van der Waals surface area contributed by atoms with Gasteiger partial charge in [0.25, 0.3) is 0 Å². The van der Waals surface area contributed by atoms with Gasteiger partial charge in [0.15, 0.2) is 0 Å². The molecule has 2 heteroatoms. The molecule has 27 heavy (non-hydrogen) atoms. The summed E-state index contributed by atoms with van der Waals surface area (Å²) in [6.07, 6.45) is 4.20. The molecule has 0 N–H and O–H groups in total. The minimum absolute atomic E-state index is 0.198. The normalized spacial score (nSPS) is 14.9. The molecule has 0 spiro atoms. The molecule has 1 aliphatic heterocycles. The summed E-state index contributed by atoms with van der Waals surface area (Å²) < 4.78 is 0. The van der Waals surface area contributed by atoms with E-state index in [0.29, 0.717) is 0 Å². The Morgan fingerprint density at radius 3 is 1.22 bits per heavy atom. The van der Waals surface area contributed by atoms with Gasteiger partial charge >= 0.3 is 0 Å². The van der Waals surface area contributed by atoms with E-state index in [1.165, 1.54) is 22.3 Å². The van der Waals surface area contributed by atoms with Crippen molar-refractivity contribution in [3.63, 3.8) is 0 Å². The Balaban J connectivity index is 1.54. The minimum Gasteiger partial charge on any atom is -0.342 e. The lowest BCUT2D eigenvalue weighted by molar-refractivity contribution is 0.334. The van der Waals surface area contributed by atoms with Crippen molar-refractivity contribution in [3.05, 3.63) is 89.9 Å². The van der Waals surface area contributed by atoms with E-state index in [-0.39, 0.29) is 10.8 Å². The summed E-state index contributed by atoms with van der Waals surface area (Å²) in [5.74, 6) is 0. The Morgan fingerprint density at radius 1 is 0.593 bits per heavy atom.